The number of carbonyl (C=O) groups is 1. The van der Waals surface area contributed by atoms with Crippen molar-refractivity contribution in [2.75, 3.05) is 13.1 Å². The lowest BCUT2D eigenvalue weighted by atomic mass is 9.90. The van der Waals surface area contributed by atoms with Crippen molar-refractivity contribution in [3.8, 4) is 11.4 Å². The Morgan fingerprint density at radius 1 is 1.33 bits per heavy atom. The number of piperidine rings is 1. The van der Waals surface area contributed by atoms with E-state index in [1.807, 2.05) is 17.2 Å². The third kappa shape index (κ3) is 3.29. The molecule has 3 rings (SSSR count). The lowest BCUT2D eigenvalue weighted by molar-refractivity contribution is -0.130. The zero-order valence-corrected chi connectivity index (χ0v) is 12.2. The highest BCUT2D eigenvalue weighted by Crippen LogP contribution is 2.23. The Bertz CT molecular complexity index is 600. The number of aromatic amines is 1. The van der Waals surface area contributed by atoms with Gasteiger partial charge in [-0.3, -0.25) is 14.9 Å². The Labute approximate surface area is 124 Å². The summed E-state index contributed by atoms with van der Waals surface area (Å²) in [7, 11) is 0. The van der Waals surface area contributed by atoms with E-state index in [2.05, 4.69) is 27.3 Å². The minimum atomic E-state index is 0.193. The van der Waals surface area contributed by atoms with Crippen LogP contribution >= 0.6 is 0 Å². The molecule has 5 heteroatoms. The monoisotopic (exact) mass is 284 g/mol. The van der Waals surface area contributed by atoms with Crippen molar-refractivity contribution >= 4 is 5.91 Å². The minimum Gasteiger partial charge on any atom is -0.343 e. The molecule has 1 amide bonds. The Morgan fingerprint density at radius 3 is 2.81 bits per heavy atom. The number of hydrogen-bond donors (Lipinski definition) is 1. The molecule has 0 spiro atoms. The highest BCUT2D eigenvalue weighted by atomic mass is 16.2. The second-order valence-corrected chi connectivity index (χ2v) is 5.67. The molecule has 21 heavy (non-hydrogen) atoms. The first-order valence-electron chi connectivity index (χ1n) is 7.42. The van der Waals surface area contributed by atoms with Gasteiger partial charge in [-0.2, -0.15) is 5.10 Å². The zero-order valence-electron chi connectivity index (χ0n) is 12.2. The lowest BCUT2D eigenvalue weighted by Crippen LogP contribution is -2.37. The molecule has 110 valence electrons. The van der Waals surface area contributed by atoms with E-state index >= 15 is 0 Å². The lowest BCUT2D eigenvalue weighted by Gasteiger charge is -2.31. The fourth-order valence-electron chi connectivity index (χ4n) is 2.93. The van der Waals surface area contributed by atoms with Crippen LogP contribution in [0.15, 0.2) is 30.6 Å². The number of hydrogen-bond acceptors (Lipinski definition) is 3. The van der Waals surface area contributed by atoms with Crippen LogP contribution in [0.2, 0.25) is 0 Å². The molecule has 0 radical (unpaired) electrons. The average Bonchev–Trinajstić information content (AvgIpc) is 3.02. The molecule has 1 N–H and O–H groups in total. The molecule has 0 unspecified atom stereocenters. The van der Waals surface area contributed by atoms with Gasteiger partial charge in [0.05, 0.1) is 11.4 Å². The standard InChI is InChI=1S/C16H20N4O/c1-12(21)20-8-4-13(5-9-20)10-14-2-6-17-16(11-14)15-3-7-18-19-15/h2-3,6-7,11,13H,4-5,8-10H2,1H3,(H,18,19). The van der Waals surface area contributed by atoms with Gasteiger partial charge in [-0.25, -0.2) is 0 Å². The predicted octanol–water partition coefficient (Wildman–Crippen LogP) is 2.27. The molecule has 0 aliphatic carbocycles. The number of carbonyl (C=O) groups excluding carboxylic acids is 1. The normalized spacial score (nSPS) is 16.1. The molecule has 5 nitrogen and oxygen atoms in total. The number of likely N-dealkylation sites (tertiary alicyclic amines) is 1. The van der Waals surface area contributed by atoms with Crippen LogP contribution in [-0.4, -0.2) is 39.1 Å². The van der Waals surface area contributed by atoms with E-state index in [1.54, 1.807) is 13.1 Å². The molecular formula is C16H20N4O. The van der Waals surface area contributed by atoms with Gasteiger partial charge in [-0.15, -0.1) is 0 Å². The highest BCUT2D eigenvalue weighted by Gasteiger charge is 2.20. The number of aromatic nitrogens is 3. The van der Waals surface area contributed by atoms with Crippen LogP contribution in [0.1, 0.15) is 25.3 Å². The predicted molar refractivity (Wildman–Crippen MR) is 80.5 cm³/mol. The van der Waals surface area contributed by atoms with Crippen LogP contribution in [0.3, 0.4) is 0 Å². The van der Waals surface area contributed by atoms with Gasteiger partial charge in [0, 0.05) is 32.4 Å². The number of nitrogens with one attached hydrogen (secondary N) is 1. The molecular weight excluding hydrogens is 264 g/mol. The van der Waals surface area contributed by atoms with Crippen molar-refractivity contribution in [2.24, 2.45) is 5.92 Å². The van der Waals surface area contributed by atoms with Gasteiger partial charge < -0.3 is 4.90 Å². The van der Waals surface area contributed by atoms with Gasteiger partial charge in [0.1, 0.15) is 0 Å². The summed E-state index contributed by atoms with van der Waals surface area (Å²) in [6, 6.07) is 6.14. The van der Waals surface area contributed by atoms with Crippen LogP contribution in [0, 0.1) is 5.92 Å². The van der Waals surface area contributed by atoms with Crippen LogP contribution in [0.4, 0.5) is 0 Å². The van der Waals surface area contributed by atoms with Crippen molar-refractivity contribution in [3.05, 3.63) is 36.2 Å². The molecule has 0 saturated carbocycles. The minimum absolute atomic E-state index is 0.193. The summed E-state index contributed by atoms with van der Waals surface area (Å²) in [5.41, 5.74) is 3.19. The van der Waals surface area contributed by atoms with Gasteiger partial charge in [0.2, 0.25) is 5.91 Å². The number of H-pyrrole nitrogens is 1. The van der Waals surface area contributed by atoms with Crippen LogP contribution < -0.4 is 0 Å². The van der Waals surface area contributed by atoms with E-state index in [0.717, 1.165) is 43.7 Å². The number of amides is 1. The van der Waals surface area contributed by atoms with E-state index in [0.29, 0.717) is 5.92 Å². The maximum Gasteiger partial charge on any atom is 0.219 e. The van der Waals surface area contributed by atoms with E-state index in [4.69, 9.17) is 0 Å². The van der Waals surface area contributed by atoms with Gasteiger partial charge in [-0.1, -0.05) is 0 Å². The van der Waals surface area contributed by atoms with E-state index in [-0.39, 0.29) is 5.91 Å². The Kier molecular flexibility index (Phi) is 3.99. The molecule has 3 heterocycles. The largest absolute Gasteiger partial charge is 0.343 e. The molecule has 1 aliphatic heterocycles. The molecule has 1 aliphatic rings. The Morgan fingerprint density at radius 2 is 2.14 bits per heavy atom. The molecule has 2 aromatic heterocycles. The Hall–Kier alpha value is -2.17. The van der Waals surface area contributed by atoms with Crippen molar-refractivity contribution in [2.45, 2.75) is 26.2 Å². The van der Waals surface area contributed by atoms with Crippen molar-refractivity contribution in [1.82, 2.24) is 20.1 Å². The fourth-order valence-corrected chi connectivity index (χ4v) is 2.93. The number of rotatable bonds is 3. The first-order valence-corrected chi connectivity index (χ1v) is 7.42. The SMILES string of the molecule is CC(=O)N1CCC(Cc2ccnc(-c3ccn[nH]3)c2)CC1. The molecule has 0 aromatic carbocycles. The van der Waals surface area contributed by atoms with Crippen LogP contribution in [0.25, 0.3) is 11.4 Å². The summed E-state index contributed by atoms with van der Waals surface area (Å²) < 4.78 is 0. The van der Waals surface area contributed by atoms with E-state index < -0.39 is 0 Å². The molecule has 1 saturated heterocycles. The third-order valence-electron chi connectivity index (χ3n) is 4.19. The maximum absolute atomic E-state index is 11.3. The summed E-state index contributed by atoms with van der Waals surface area (Å²) in [6.07, 6.45) is 6.81. The maximum atomic E-state index is 11.3. The Balaban J connectivity index is 1.64. The van der Waals surface area contributed by atoms with Gasteiger partial charge in [-0.05, 0) is 48.9 Å². The first-order chi connectivity index (χ1) is 10.2. The second kappa shape index (κ2) is 6.08. The summed E-state index contributed by atoms with van der Waals surface area (Å²) >= 11 is 0. The topological polar surface area (TPSA) is 61.9 Å². The average molecular weight is 284 g/mol. The molecule has 0 atom stereocenters. The molecule has 0 bridgehead atoms. The van der Waals surface area contributed by atoms with E-state index in [9.17, 15) is 4.79 Å². The van der Waals surface area contributed by atoms with Gasteiger partial charge in [0.25, 0.3) is 0 Å². The summed E-state index contributed by atoms with van der Waals surface area (Å²) in [5.74, 6) is 0.844. The summed E-state index contributed by atoms with van der Waals surface area (Å²) in [4.78, 5) is 17.7. The van der Waals surface area contributed by atoms with Crippen LogP contribution in [-0.2, 0) is 11.2 Å². The van der Waals surface area contributed by atoms with Gasteiger partial charge in [0.15, 0.2) is 0 Å². The quantitative estimate of drug-likeness (QED) is 0.940. The first kappa shape index (κ1) is 13.8. The number of nitrogens with zero attached hydrogens (tertiary/aromatic N) is 3. The van der Waals surface area contributed by atoms with Crippen molar-refractivity contribution < 1.29 is 4.79 Å². The van der Waals surface area contributed by atoms with Crippen LogP contribution in [0.5, 0.6) is 0 Å². The fraction of sp³-hybridized carbons (Fsp3) is 0.438. The molecule has 1 fully saturated rings. The molecule has 2 aromatic rings. The smallest absolute Gasteiger partial charge is 0.219 e. The zero-order chi connectivity index (χ0) is 14.7. The summed E-state index contributed by atoms with van der Waals surface area (Å²) in [6.45, 7) is 3.43. The second-order valence-electron chi connectivity index (χ2n) is 5.67. The highest BCUT2D eigenvalue weighted by molar-refractivity contribution is 5.73. The summed E-state index contributed by atoms with van der Waals surface area (Å²) in [5, 5.41) is 6.91. The number of pyridine rings is 1. The van der Waals surface area contributed by atoms with Gasteiger partial charge >= 0.3 is 0 Å². The van der Waals surface area contributed by atoms with E-state index in [1.165, 1.54) is 5.56 Å². The third-order valence-corrected chi connectivity index (χ3v) is 4.19. The van der Waals surface area contributed by atoms with Crippen molar-refractivity contribution in [1.29, 1.82) is 0 Å². The van der Waals surface area contributed by atoms with Crippen molar-refractivity contribution in [3.63, 3.8) is 0 Å².